The summed E-state index contributed by atoms with van der Waals surface area (Å²) in [4.78, 5) is 7.75. The molecule has 6 heteroatoms. The zero-order valence-corrected chi connectivity index (χ0v) is 9.87. The summed E-state index contributed by atoms with van der Waals surface area (Å²) >= 11 is 0. The molecule has 0 spiro atoms. The van der Waals surface area contributed by atoms with Crippen molar-refractivity contribution in [2.24, 2.45) is 0 Å². The third-order valence-electron chi connectivity index (χ3n) is 2.39. The average molecular weight is 251 g/mol. The molecule has 0 radical (unpaired) electrons. The van der Waals surface area contributed by atoms with Crippen LogP contribution in [-0.2, 0) is 0 Å². The van der Waals surface area contributed by atoms with Crippen LogP contribution in [0.3, 0.4) is 0 Å². The van der Waals surface area contributed by atoms with Gasteiger partial charge in [0.1, 0.15) is 5.82 Å². The normalized spacial score (nSPS) is 10.4. The van der Waals surface area contributed by atoms with Crippen molar-refractivity contribution in [2.75, 3.05) is 12.8 Å². The topological polar surface area (TPSA) is 61.0 Å². The third-order valence-corrected chi connectivity index (χ3v) is 2.39. The van der Waals surface area contributed by atoms with Crippen LogP contribution in [0.4, 0.5) is 14.7 Å². The lowest BCUT2D eigenvalue weighted by atomic mass is 10.1. The molecule has 0 saturated heterocycles. The van der Waals surface area contributed by atoms with Gasteiger partial charge < -0.3 is 10.5 Å². The highest BCUT2D eigenvalue weighted by Crippen LogP contribution is 2.28. The van der Waals surface area contributed by atoms with Crippen LogP contribution in [0.5, 0.6) is 5.75 Å². The molecule has 0 fully saturated rings. The van der Waals surface area contributed by atoms with Crippen LogP contribution in [-0.4, -0.2) is 17.1 Å². The lowest BCUT2D eigenvalue weighted by Gasteiger charge is -2.07. The lowest BCUT2D eigenvalue weighted by molar-refractivity contribution is 0.383. The van der Waals surface area contributed by atoms with Gasteiger partial charge in [-0.2, -0.15) is 0 Å². The summed E-state index contributed by atoms with van der Waals surface area (Å²) in [5.74, 6) is -1.44. The molecule has 0 unspecified atom stereocenters. The first-order valence-electron chi connectivity index (χ1n) is 5.16. The summed E-state index contributed by atoms with van der Waals surface area (Å²) in [6.07, 6.45) is 0. The first kappa shape index (κ1) is 12.2. The van der Waals surface area contributed by atoms with E-state index in [-0.39, 0.29) is 23.0 Å². The summed E-state index contributed by atoms with van der Waals surface area (Å²) in [6, 6.07) is 3.52. The number of nitrogens with two attached hydrogens (primary N) is 1. The van der Waals surface area contributed by atoms with Gasteiger partial charge in [0, 0.05) is 17.3 Å². The van der Waals surface area contributed by atoms with Crippen LogP contribution in [0.1, 0.15) is 5.69 Å². The molecule has 0 aliphatic rings. The van der Waals surface area contributed by atoms with E-state index in [0.29, 0.717) is 5.69 Å². The predicted octanol–water partition coefficient (Wildman–Crippen LogP) is 2.32. The summed E-state index contributed by atoms with van der Waals surface area (Å²) in [5, 5.41) is 0. The fourth-order valence-corrected chi connectivity index (χ4v) is 1.61. The van der Waals surface area contributed by atoms with Gasteiger partial charge in [-0.15, -0.1) is 0 Å². The number of hydrogen-bond donors (Lipinski definition) is 1. The molecule has 0 atom stereocenters. The maximum atomic E-state index is 13.8. The molecule has 94 valence electrons. The highest BCUT2D eigenvalue weighted by Gasteiger charge is 2.14. The number of hydrogen-bond acceptors (Lipinski definition) is 4. The average Bonchev–Trinajstić information content (AvgIpc) is 2.30. The van der Waals surface area contributed by atoms with Gasteiger partial charge in [0.25, 0.3) is 0 Å². The van der Waals surface area contributed by atoms with Crippen molar-refractivity contribution in [1.82, 2.24) is 9.97 Å². The molecular weight excluding hydrogens is 240 g/mol. The van der Waals surface area contributed by atoms with E-state index in [2.05, 4.69) is 9.97 Å². The first-order valence-corrected chi connectivity index (χ1v) is 5.16. The minimum absolute atomic E-state index is 0.0145. The predicted molar refractivity (Wildman–Crippen MR) is 63.1 cm³/mol. The van der Waals surface area contributed by atoms with Crippen molar-refractivity contribution in [3.05, 3.63) is 35.5 Å². The Balaban J connectivity index is 2.60. The van der Waals surface area contributed by atoms with Gasteiger partial charge >= 0.3 is 0 Å². The van der Waals surface area contributed by atoms with E-state index in [1.807, 2.05) is 0 Å². The summed E-state index contributed by atoms with van der Waals surface area (Å²) < 4.78 is 32.1. The van der Waals surface area contributed by atoms with Crippen molar-refractivity contribution in [3.8, 4) is 17.0 Å². The van der Waals surface area contributed by atoms with Crippen LogP contribution in [0.15, 0.2) is 18.2 Å². The quantitative estimate of drug-likeness (QED) is 0.889. The largest absolute Gasteiger partial charge is 0.494 e. The molecule has 18 heavy (non-hydrogen) atoms. The molecule has 0 saturated carbocycles. The molecule has 0 bridgehead atoms. The molecule has 2 rings (SSSR count). The van der Waals surface area contributed by atoms with Gasteiger partial charge in [-0.3, -0.25) is 0 Å². The number of nitrogens with zero attached hydrogens (tertiary/aromatic N) is 2. The van der Waals surface area contributed by atoms with Crippen molar-refractivity contribution in [3.63, 3.8) is 0 Å². The SMILES string of the molecule is COc1cc(F)c(-c2cc(C)nc(N)n2)cc1F. The maximum Gasteiger partial charge on any atom is 0.220 e. The standard InChI is InChI=1S/C12H11F2N3O/c1-6-3-10(17-12(15)16-6)7-4-9(14)11(18-2)5-8(7)13/h3-5H,1-2H3,(H2,15,16,17). The van der Waals surface area contributed by atoms with E-state index >= 15 is 0 Å². The number of methoxy groups -OCH3 is 1. The Morgan fingerprint density at radius 2 is 1.83 bits per heavy atom. The molecule has 1 aromatic carbocycles. The number of nitrogen functional groups attached to an aromatic ring is 1. The van der Waals surface area contributed by atoms with E-state index < -0.39 is 11.6 Å². The fourth-order valence-electron chi connectivity index (χ4n) is 1.61. The summed E-state index contributed by atoms with van der Waals surface area (Å²) in [6.45, 7) is 1.69. The molecule has 2 aromatic rings. The van der Waals surface area contributed by atoms with E-state index in [1.54, 1.807) is 6.92 Å². The van der Waals surface area contributed by atoms with Crippen LogP contribution >= 0.6 is 0 Å². The van der Waals surface area contributed by atoms with Gasteiger partial charge in [-0.1, -0.05) is 0 Å². The fraction of sp³-hybridized carbons (Fsp3) is 0.167. The van der Waals surface area contributed by atoms with Crippen LogP contribution in [0.2, 0.25) is 0 Å². The van der Waals surface area contributed by atoms with E-state index in [9.17, 15) is 8.78 Å². The molecule has 4 nitrogen and oxygen atoms in total. The number of halogens is 2. The van der Waals surface area contributed by atoms with Crippen LogP contribution < -0.4 is 10.5 Å². The Kier molecular flexibility index (Phi) is 3.10. The molecule has 0 aliphatic heterocycles. The highest BCUT2D eigenvalue weighted by molar-refractivity contribution is 5.62. The lowest BCUT2D eigenvalue weighted by Crippen LogP contribution is -2.00. The van der Waals surface area contributed by atoms with Crippen LogP contribution in [0.25, 0.3) is 11.3 Å². The number of aryl methyl sites for hydroxylation is 1. The summed E-state index contributed by atoms with van der Waals surface area (Å²) in [7, 11) is 1.27. The van der Waals surface area contributed by atoms with Crippen molar-refractivity contribution in [1.29, 1.82) is 0 Å². The molecule has 2 N–H and O–H groups in total. The molecule has 1 aromatic heterocycles. The van der Waals surface area contributed by atoms with Crippen molar-refractivity contribution in [2.45, 2.75) is 6.92 Å². The first-order chi connectivity index (χ1) is 8.51. The molecule has 0 aliphatic carbocycles. The monoisotopic (exact) mass is 251 g/mol. The smallest absolute Gasteiger partial charge is 0.220 e. The number of ether oxygens (including phenoxy) is 1. The zero-order chi connectivity index (χ0) is 13.3. The second kappa shape index (κ2) is 4.56. The zero-order valence-electron chi connectivity index (χ0n) is 9.87. The Labute approximate surface area is 102 Å². The number of benzene rings is 1. The van der Waals surface area contributed by atoms with E-state index in [0.717, 1.165) is 12.1 Å². The number of anilines is 1. The van der Waals surface area contributed by atoms with Gasteiger partial charge in [-0.05, 0) is 19.1 Å². The van der Waals surface area contributed by atoms with Gasteiger partial charge in [0.2, 0.25) is 5.95 Å². The molecular formula is C12H11F2N3O. The second-order valence-electron chi connectivity index (χ2n) is 3.72. The number of aromatic nitrogens is 2. The van der Waals surface area contributed by atoms with Gasteiger partial charge in [-0.25, -0.2) is 18.7 Å². The van der Waals surface area contributed by atoms with E-state index in [4.69, 9.17) is 10.5 Å². The van der Waals surface area contributed by atoms with Gasteiger partial charge in [0.05, 0.1) is 12.8 Å². The Morgan fingerprint density at radius 3 is 2.44 bits per heavy atom. The Hall–Kier alpha value is -2.24. The number of rotatable bonds is 2. The molecule has 1 heterocycles. The van der Waals surface area contributed by atoms with Crippen LogP contribution in [0, 0.1) is 18.6 Å². The minimum atomic E-state index is -0.663. The minimum Gasteiger partial charge on any atom is -0.494 e. The van der Waals surface area contributed by atoms with Gasteiger partial charge in [0.15, 0.2) is 11.6 Å². The second-order valence-corrected chi connectivity index (χ2v) is 3.72. The Morgan fingerprint density at radius 1 is 1.11 bits per heavy atom. The molecule has 0 amide bonds. The Bertz CT molecular complexity index is 582. The maximum absolute atomic E-state index is 13.8. The highest BCUT2D eigenvalue weighted by atomic mass is 19.1. The van der Waals surface area contributed by atoms with E-state index in [1.165, 1.54) is 13.2 Å². The summed E-state index contributed by atoms with van der Waals surface area (Å²) in [5.41, 5.74) is 6.31. The van der Waals surface area contributed by atoms with Crippen molar-refractivity contribution < 1.29 is 13.5 Å². The van der Waals surface area contributed by atoms with Crippen molar-refractivity contribution >= 4 is 5.95 Å². The third kappa shape index (κ3) is 2.22.